The van der Waals surface area contributed by atoms with Crippen LogP contribution in [0.25, 0.3) is 0 Å². The van der Waals surface area contributed by atoms with E-state index in [0.29, 0.717) is 13.1 Å². The van der Waals surface area contributed by atoms with Gasteiger partial charge in [0.25, 0.3) is 0 Å². The Balaban J connectivity index is 4.77. The highest BCUT2D eigenvalue weighted by molar-refractivity contribution is 4.90. The predicted molar refractivity (Wildman–Crippen MR) is 76.0 cm³/mol. The van der Waals surface area contributed by atoms with Crippen molar-refractivity contribution >= 4 is 0 Å². The fourth-order valence-corrected chi connectivity index (χ4v) is 0.926. The van der Waals surface area contributed by atoms with Gasteiger partial charge in [0.15, 0.2) is 0 Å². The van der Waals surface area contributed by atoms with Gasteiger partial charge in [-0.3, -0.25) is 0 Å². The summed E-state index contributed by atoms with van der Waals surface area (Å²) in [4.78, 5) is 11.4. The zero-order valence-corrected chi connectivity index (χ0v) is 13.4. The number of nitrogens with two attached hydrogens (primary N) is 2. The van der Waals surface area contributed by atoms with Gasteiger partial charge in [-0.15, -0.1) is 0 Å². The zero-order valence-electron chi connectivity index (χ0n) is 13.4. The largest absolute Gasteiger partial charge is 0.330 e. The van der Waals surface area contributed by atoms with Crippen LogP contribution in [0.15, 0.2) is 0 Å². The standard InChI is InChI=1S/C14H32N2O2/c1-11(2,9-15)13(5,6)17-18-14(7,8)12(3,4)10-16/h9-10,15-16H2,1-8H3. The maximum Gasteiger partial charge on any atom is 0.104 e. The molecule has 0 fully saturated rings. The van der Waals surface area contributed by atoms with Crippen molar-refractivity contribution in [3.8, 4) is 0 Å². The van der Waals surface area contributed by atoms with Crippen molar-refractivity contribution in [2.24, 2.45) is 22.3 Å². The van der Waals surface area contributed by atoms with E-state index in [1.807, 2.05) is 27.7 Å². The van der Waals surface area contributed by atoms with Gasteiger partial charge in [-0.05, 0) is 27.7 Å². The van der Waals surface area contributed by atoms with E-state index in [1.54, 1.807) is 0 Å². The second kappa shape index (κ2) is 5.45. The highest BCUT2D eigenvalue weighted by atomic mass is 17.2. The molecule has 0 aromatic rings. The molecule has 0 aromatic carbocycles. The van der Waals surface area contributed by atoms with Crippen LogP contribution in [0.1, 0.15) is 55.4 Å². The molecule has 0 aromatic heterocycles. The van der Waals surface area contributed by atoms with Gasteiger partial charge in [0, 0.05) is 23.9 Å². The summed E-state index contributed by atoms with van der Waals surface area (Å²) in [5.41, 5.74) is 10.3. The molecule has 0 rings (SSSR count). The fourth-order valence-electron chi connectivity index (χ4n) is 0.926. The molecule has 0 saturated heterocycles. The van der Waals surface area contributed by atoms with Crippen LogP contribution in [0.4, 0.5) is 0 Å². The normalized spacial score (nSPS) is 15.0. The highest BCUT2D eigenvalue weighted by Gasteiger charge is 2.43. The topological polar surface area (TPSA) is 70.5 Å². The summed E-state index contributed by atoms with van der Waals surface area (Å²) in [7, 11) is 0. The molecule has 0 spiro atoms. The maximum atomic E-state index is 5.79. The van der Waals surface area contributed by atoms with Crippen LogP contribution in [0.5, 0.6) is 0 Å². The molecule has 0 atom stereocenters. The predicted octanol–water partition coefficient (Wildman–Crippen LogP) is 2.46. The minimum Gasteiger partial charge on any atom is -0.330 e. The Bertz CT molecular complexity index is 243. The van der Waals surface area contributed by atoms with E-state index >= 15 is 0 Å². The Hall–Kier alpha value is -0.160. The Morgan fingerprint density at radius 2 is 0.833 bits per heavy atom. The van der Waals surface area contributed by atoms with Crippen LogP contribution in [0.2, 0.25) is 0 Å². The average molecular weight is 260 g/mol. The van der Waals surface area contributed by atoms with Crippen LogP contribution >= 0.6 is 0 Å². The minimum atomic E-state index is -0.469. The van der Waals surface area contributed by atoms with Crippen molar-refractivity contribution in [3.05, 3.63) is 0 Å². The van der Waals surface area contributed by atoms with E-state index in [0.717, 1.165) is 0 Å². The van der Waals surface area contributed by atoms with Crippen LogP contribution in [0, 0.1) is 10.8 Å². The van der Waals surface area contributed by atoms with Crippen molar-refractivity contribution < 1.29 is 9.78 Å². The fraction of sp³-hybridized carbons (Fsp3) is 1.00. The van der Waals surface area contributed by atoms with Crippen LogP contribution in [0.3, 0.4) is 0 Å². The summed E-state index contributed by atoms with van der Waals surface area (Å²) < 4.78 is 0. The van der Waals surface area contributed by atoms with Crippen molar-refractivity contribution in [2.45, 2.75) is 66.6 Å². The summed E-state index contributed by atoms with van der Waals surface area (Å²) >= 11 is 0. The van der Waals surface area contributed by atoms with E-state index < -0.39 is 11.2 Å². The molecule has 0 amide bonds. The first-order valence-electron chi connectivity index (χ1n) is 6.60. The third-order valence-corrected chi connectivity index (χ3v) is 4.74. The van der Waals surface area contributed by atoms with Gasteiger partial charge >= 0.3 is 0 Å². The third kappa shape index (κ3) is 3.67. The summed E-state index contributed by atoms with van der Waals surface area (Å²) in [5, 5.41) is 0. The Morgan fingerprint density at radius 1 is 0.611 bits per heavy atom. The molecule has 4 N–H and O–H groups in total. The lowest BCUT2D eigenvalue weighted by Gasteiger charge is -2.44. The second-order valence-corrected chi connectivity index (χ2v) is 7.36. The van der Waals surface area contributed by atoms with Crippen LogP contribution < -0.4 is 11.5 Å². The first-order valence-corrected chi connectivity index (χ1v) is 6.60. The van der Waals surface area contributed by atoms with Gasteiger partial charge < -0.3 is 11.5 Å². The highest BCUT2D eigenvalue weighted by Crippen LogP contribution is 2.38. The molecule has 0 heterocycles. The van der Waals surface area contributed by atoms with Gasteiger partial charge in [0.2, 0.25) is 0 Å². The third-order valence-electron chi connectivity index (χ3n) is 4.74. The molecule has 18 heavy (non-hydrogen) atoms. The number of hydrogen-bond donors (Lipinski definition) is 2. The Labute approximate surface area is 112 Å². The first kappa shape index (κ1) is 17.8. The molecule has 4 heteroatoms. The van der Waals surface area contributed by atoms with Gasteiger partial charge in [0.1, 0.15) is 11.2 Å². The number of rotatable bonds is 7. The Morgan fingerprint density at radius 3 is 1.00 bits per heavy atom. The molecular formula is C14H32N2O2. The van der Waals surface area contributed by atoms with Crippen molar-refractivity contribution in [3.63, 3.8) is 0 Å². The van der Waals surface area contributed by atoms with Crippen molar-refractivity contribution in [1.29, 1.82) is 0 Å². The van der Waals surface area contributed by atoms with Gasteiger partial charge in [-0.1, -0.05) is 27.7 Å². The van der Waals surface area contributed by atoms with E-state index in [-0.39, 0.29) is 10.8 Å². The summed E-state index contributed by atoms with van der Waals surface area (Å²) in [5.74, 6) is 0. The van der Waals surface area contributed by atoms with Crippen molar-refractivity contribution in [2.75, 3.05) is 13.1 Å². The molecule has 0 aliphatic heterocycles. The summed E-state index contributed by atoms with van der Waals surface area (Å²) in [6, 6.07) is 0. The quantitative estimate of drug-likeness (QED) is 0.545. The van der Waals surface area contributed by atoms with E-state index in [9.17, 15) is 0 Å². The number of hydrogen-bond acceptors (Lipinski definition) is 4. The lowest BCUT2D eigenvalue weighted by atomic mass is 9.77. The zero-order chi connectivity index (χ0) is 14.8. The summed E-state index contributed by atoms with van der Waals surface area (Å²) in [6.07, 6.45) is 0. The van der Waals surface area contributed by atoms with Gasteiger partial charge in [0.05, 0.1) is 0 Å². The smallest absolute Gasteiger partial charge is 0.104 e. The van der Waals surface area contributed by atoms with Gasteiger partial charge in [-0.2, -0.15) is 0 Å². The summed E-state index contributed by atoms with van der Waals surface area (Å²) in [6.45, 7) is 17.3. The maximum absolute atomic E-state index is 5.79. The molecule has 0 bridgehead atoms. The van der Waals surface area contributed by atoms with Crippen molar-refractivity contribution in [1.82, 2.24) is 0 Å². The lowest BCUT2D eigenvalue weighted by Crippen LogP contribution is -2.51. The molecular weight excluding hydrogens is 228 g/mol. The monoisotopic (exact) mass is 260 g/mol. The van der Waals surface area contributed by atoms with Gasteiger partial charge in [-0.25, -0.2) is 9.78 Å². The molecule has 110 valence electrons. The molecule has 4 nitrogen and oxygen atoms in total. The Kier molecular flexibility index (Phi) is 5.40. The SMILES string of the molecule is CC(C)(CN)C(C)(C)OOC(C)(C)C(C)(C)CN. The average Bonchev–Trinajstić information content (AvgIpc) is 2.26. The second-order valence-electron chi connectivity index (χ2n) is 7.36. The lowest BCUT2D eigenvalue weighted by molar-refractivity contribution is -0.431. The molecule has 0 unspecified atom stereocenters. The minimum absolute atomic E-state index is 0.171. The molecule has 0 saturated carbocycles. The first-order chi connectivity index (χ1) is 7.83. The van der Waals surface area contributed by atoms with E-state index in [2.05, 4.69) is 27.7 Å². The van der Waals surface area contributed by atoms with E-state index in [1.165, 1.54) is 0 Å². The van der Waals surface area contributed by atoms with E-state index in [4.69, 9.17) is 21.2 Å². The molecule has 0 aliphatic rings. The molecule has 0 radical (unpaired) electrons. The van der Waals surface area contributed by atoms with Crippen LogP contribution in [-0.4, -0.2) is 24.3 Å². The van der Waals surface area contributed by atoms with Crippen LogP contribution in [-0.2, 0) is 9.78 Å². The molecule has 0 aliphatic carbocycles.